The zero-order chi connectivity index (χ0) is 13.3. The molecule has 102 valence electrons. The zero-order valence-electron chi connectivity index (χ0n) is 10.6. The minimum absolute atomic E-state index is 0.110. The maximum absolute atomic E-state index is 12.6. The van der Waals surface area contributed by atoms with Crippen molar-refractivity contribution in [2.75, 3.05) is 6.54 Å². The fourth-order valence-electron chi connectivity index (χ4n) is 2.28. The first-order chi connectivity index (χ1) is 8.43. The molecule has 18 heavy (non-hydrogen) atoms. The molecule has 1 unspecified atom stereocenters. The minimum Gasteiger partial charge on any atom is -0.206 e. The summed E-state index contributed by atoms with van der Waals surface area (Å²) in [6.07, 6.45) is 4.18. The summed E-state index contributed by atoms with van der Waals surface area (Å²) in [6.45, 7) is 4.59. The van der Waals surface area contributed by atoms with E-state index in [0.717, 1.165) is 35.0 Å². The molecular weight excluding hydrogens is 334 g/mol. The molecule has 6 heteroatoms. The van der Waals surface area contributed by atoms with Crippen LogP contribution in [0.25, 0.3) is 0 Å². The summed E-state index contributed by atoms with van der Waals surface area (Å²) >= 11 is 4.71. The van der Waals surface area contributed by atoms with E-state index < -0.39 is 10.0 Å². The predicted octanol–water partition coefficient (Wildman–Crippen LogP) is 3.77. The Balaban J connectivity index is 2.34. The van der Waals surface area contributed by atoms with Gasteiger partial charge in [0.25, 0.3) is 10.0 Å². The molecule has 0 spiro atoms. The van der Waals surface area contributed by atoms with Crippen LogP contribution in [-0.4, -0.2) is 25.3 Å². The smallest absolute Gasteiger partial charge is 0.206 e. The van der Waals surface area contributed by atoms with Crippen LogP contribution in [0.15, 0.2) is 14.1 Å². The van der Waals surface area contributed by atoms with Crippen LogP contribution in [0.4, 0.5) is 0 Å². The number of rotatable bonds is 2. The normalized spacial score (nSPS) is 22.9. The number of hydrogen-bond acceptors (Lipinski definition) is 3. The van der Waals surface area contributed by atoms with Crippen molar-refractivity contribution in [2.24, 2.45) is 0 Å². The van der Waals surface area contributed by atoms with Gasteiger partial charge in [0.1, 0.15) is 4.21 Å². The molecular formula is C12H18BrNO2S2. The Morgan fingerprint density at radius 2 is 2.11 bits per heavy atom. The van der Waals surface area contributed by atoms with Crippen molar-refractivity contribution in [3.8, 4) is 0 Å². The molecule has 0 N–H and O–H groups in total. The molecule has 3 nitrogen and oxygen atoms in total. The topological polar surface area (TPSA) is 37.4 Å². The van der Waals surface area contributed by atoms with Crippen molar-refractivity contribution in [3.63, 3.8) is 0 Å². The number of halogens is 1. The van der Waals surface area contributed by atoms with Gasteiger partial charge in [-0.3, -0.25) is 0 Å². The first-order valence-electron chi connectivity index (χ1n) is 6.20. The molecule has 0 radical (unpaired) electrons. The van der Waals surface area contributed by atoms with E-state index in [-0.39, 0.29) is 6.04 Å². The van der Waals surface area contributed by atoms with Gasteiger partial charge in [-0.25, -0.2) is 8.42 Å². The van der Waals surface area contributed by atoms with E-state index in [1.165, 1.54) is 11.3 Å². The summed E-state index contributed by atoms with van der Waals surface area (Å²) in [5, 5.41) is 0. The average Bonchev–Trinajstić information content (AvgIpc) is 2.51. The van der Waals surface area contributed by atoms with Gasteiger partial charge < -0.3 is 0 Å². The Bertz CT molecular complexity index is 505. The van der Waals surface area contributed by atoms with Crippen molar-refractivity contribution < 1.29 is 8.42 Å². The molecule has 0 aliphatic carbocycles. The van der Waals surface area contributed by atoms with Crippen LogP contribution in [0.2, 0.25) is 0 Å². The summed E-state index contributed by atoms with van der Waals surface area (Å²) in [4.78, 5) is 0. The molecule has 1 aromatic rings. The third-order valence-electron chi connectivity index (χ3n) is 3.39. The van der Waals surface area contributed by atoms with E-state index in [2.05, 4.69) is 15.9 Å². The second-order valence-corrected chi connectivity index (χ2v) is 9.32. The van der Waals surface area contributed by atoms with Gasteiger partial charge >= 0.3 is 0 Å². The van der Waals surface area contributed by atoms with Gasteiger partial charge in [0, 0.05) is 12.6 Å². The van der Waals surface area contributed by atoms with Crippen molar-refractivity contribution in [1.82, 2.24) is 4.31 Å². The van der Waals surface area contributed by atoms with Crippen LogP contribution >= 0.6 is 27.3 Å². The van der Waals surface area contributed by atoms with Crippen LogP contribution in [0.1, 0.15) is 38.2 Å². The van der Waals surface area contributed by atoms with E-state index in [9.17, 15) is 8.42 Å². The van der Waals surface area contributed by atoms with Crippen LogP contribution in [0, 0.1) is 6.92 Å². The molecule has 1 aromatic heterocycles. The zero-order valence-corrected chi connectivity index (χ0v) is 13.9. The highest BCUT2D eigenvalue weighted by molar-refractivity contribution is 9.11. The molecule has 1 aliphatic rings. The van der Waals surface area contributed by atoms with Crippen molar-refractivity contribution in [2.45, 2.75) is 49.8 Å². The lowest BCUT2D eigenvalue weighted by Gasteiger charge is -2.25. The van der Waals surface area contributed by atoms with Gasteiger partial charge in [0.05, 0.1) is 3.79 Å². The van der Waals surface area contributed by atoms with Crippen LogP contribution in [-0.2, 0) is 10.0 Å². The Morgan fingerprint density at radius 1 is 1.39 bits per heavy atom. The highest BCUT2D eigenvalue weighted by atomic mass is 79.9. The molecule has 0 bridgehead atoms. The van der Waals surface area contributed by atoms with Gasteiger partial charge in [0.2, 0.25) is 0 Å². The van der Waals surface area contributed by atoms with E-state index >= 15 is 0 Å². The number of sulfonamides is 1. The molecule has 1 saturated heterocycles. The van der Waals surface area contributed by atoms with Crippen molar-refractivity contribution in [3.05, 3.63) is 15.4 Å². The monoisotopic (exact) mass is 351 g/mol. The highest BCUT2D eigenvalue weighted by Gasteiger charge is 2.31. The Labute approximate surface area is 121 Å². The molecule has 0 aromatic carbocycles. The third kappa shape index (κ3) is 2.81. The van der Waals surface area contributed by atoms with Gasteiger partial charge in [-0.05, 0) is 54.2 Å². The summed E-state index contributed by atoms with van der Waals surface area (Å²) in [5.41, 5.74) is 0.987. The number of aryl methyl sites for hydroxylation is 1. The predicted molar refractivity (Wildman–Crippen MR) is 78.6 cm³/mol. The number of nitrogens with zero attached hydrogens (tertiary/aromatic N) is 1. The standard InChI is InChI=1S/C12H18BrNO2S2/c1-9-8-11(17-12(9)13)18(15,16)14-7-5-3-4-6-10(14)2/h8,10H,3-7H2,1-2H3. The fraction of sp³-hybridized carbons (Fsp3) is 0.667. The molecule has 0 saturated carbocycles. The number of hydrogen-bond donors (Lipinski definition) is 0. The highest BCUT2D eigenvalue weighted by Crippen LogP contribution is 2.34. The van der Waals surface area contributed by atoms with E-state index in [0.29, 0.717) is 10.8 Å². The molecule has 1 aliphatic heterocycles. The minimum atomic E-state index is -3.31. The van der Waals surface area contributed by atoms with Gasteiger partial charge in [-0.1, -0.05) is 12.8 Å². The van der Waals surface area contributed by atoms with Crippen molar-refractivity contribution in [1.29, 1.82) is 0 Å². The van der Waals surface area contributed by atoms with E-state index in [1.807, 2.05) is 13.8 Å². The quantitative estimate of drug-likeness (QED) is 0.813. The second-order valence-electron chi connectivity index (χ2n) is 4.84. The average molecular weight is 352 g/mol. The van der Waals surface area contributed by atoms with Gasteiger partial charge in [-0.15, -0.1) is 11.3 Å². The largest absolute Gasteiger partial charge is 0.252 e. The maximum atomic E-state index is 12.6. The maximum Gasteiger partial charge on any atom is 0.252 e. The summed E-state index contributed by atoms with van der Waals surface area (Å²) in [6, 6.07) is 1.88. The molecule has 0 amide bonds. The Morgan fingerprint density at radius 3 is 2.72 bits per heavy atom. The fourth-order valence-corrected chi connectivity index (χ4v) is 6.34. The van der Waals surface area contributed by atoms with E-state index in [4.69, 9.17) is 0 Å². The van der Waals surface area contributed by atoms with Crippen molar-refractivity contribution >= 4 is 37.3 Å². The Kier molecular flexibility index (Phi) is 4.52. The lowest BCUT2D eigenvalue weighted by atomic mass is 10.1. The number of thiophene rings is 1. The molecule has 1 atom stereocenters. The second kappa shape index (κ2) is 5.61. The summed E-state index contributed by atoms with van der Waals surface area (Å²) < 4.78 is 28.3. The summed E-state index contributed by atoms with van der Waals surface area (Å²) in [5.74, 6) is 0. The first kappa shape index (κ1) is 14.5. The first-order valence-corrected chi connectivity index (χ1v) is 9.25. The van der Waals surface area contributed by atoms with Gasteiger partial charge in [-0.2, -0.15) is 4.31 Å². The van der Waals surface area contributed by atoms with Crippen LogP contribution < -0.4 is 0 Å². The summed E-state index contributed by atoms with van der Waals surface area (Å²) in [7, 11) is -3.31. The molecule has 1 fully saturated rings. The lowest BCUT2D eigenvalue weighted by molar-refractivity contribution is 0.343. The van der Waals surface area contributed by atoms with Crippen LogP contribution in [0.5, 0.6) is 0 Å². The van der Waals surface area contributed by atoms with E-state index in [1.54, 1.807) is 10.4 Å². The Hall–Kier alpha value is 0.0900. The SMILES string of the molecule is Cc1cc(S(=O)(=O)N2CCCCCC2C)sc1Br. The lowest BCUT2D eigenvalue weighted by Crippen LogP contribution is -2.37. The van der Waals surface area contributed by atoms with Crippen LogP contribution in [0.3, 0.4) is 0 Å². The van der Waals surface area contributed by atoms with Gasteiger partial charge in [0.15, 0.2) is 0 Å². The molecule has 2 heterocycles. The molecule has 2 rings (SSSR count). The third-order valence-corrected chi connectivity index (χ3v) is 7.99.